The van der Waals surface area contributed by atoms with E-state index in [0.717, 1.165) is 44.5 Å². The molecule has 4 rings (SSSR count). The molecule has 0 bridgehead atoms. The predicted molar refractivity (Wildman–Crippen MR) is 110 cm³/mol. The summed E-state index contributed by atoms with van der Waals surface area (Å²) in [4.78, 5) is 35.4. The second-order valence-electron chi connectivity index (χ2n) is 8.32. The molecule has 30 heavy (non-hydrogen) atoms. The van der Waals surface area contributed by atoms with E-state index >= 15 is 0 Å². The molecule has 1 saturated heterocycles. The SMILES string of the molecule is Cc1noc(CCC(=O)N2CCC(c3ccc(C(=O)NC4CCCC4)cn3)CC2)n1. The van der Waals surface area contributed by atoms with Crippen LogP contribution in [-0.2, 0) is 11.2 Å². The van der Waals surface area contributed by atoms with Crippen molar-refractivity contribution < 1.29 is 14.1 Å². The monoisotopic (exact) mass is 411 g/mol. The molecule has 0 aromatic carbocycles. The Bertz CT molecular complexity index is 865. The van der Waals surface area contributed by atoms with Crippen molar-refractivity contribution in [3.63, 3.8) is 0 Å². The van der Waals surface area contributed by atoms with E-state index in [9.17, 15) is 9.59 Å². The van der Waals surface area contributed by atoms with E-state index in [4.69, 9.17) is 4.52 Å². The van der Waals surface area contributed by atoms with Crippen LogP contribution < -0.4 is 5.32 Å². The van der Waals surface area contributed by atoms with E-state index < -0.39 is 0 Å². The summed E-state index contributed by atoms with van der Waals surface area (Å²) in [5.74, 6) is 1.51. The van der Waals surface area contributed by atoms with Gasteiger partial charge in [0.2, 0.25) is 11.8 Å². The third-order valence-electron chi connectivity index (χ3n) is 6.13. The number of carbonyl (C=O) groups is 2. The smallest absolute Gasteiger partial charge is 0.253 e. The maximum Gasteiger partial charge on any atom is 0.253 e. The molecule has 0 spiro atoms. The predicted octanol–water partition coefficient (Wildman–Crippen LogP) is 2.78. The molecule has 160 valence electrons. The van der Waals surface area contributed by atoms with Crippen molar-refractivity contribution in [3.05, 3.63) is 41.3 Å². The van der Waals surface area contributed by atoms with Crippen molar-refractivity contribution in [2.75, 3.05) is 13.1 Å². The number of piperidine rings is 1. The van der Waals surface area contributed by atoms with Gasteiger partial charge in [-0.1, -0.05) is 18.0 Å². The van der Waals surface area contributed by atoms with Crippen molar-refractivity contribution >= 4 is 11.8 Å². The number of aromatic nitrogens is 3. The van der Waals surface area contributed by atoms with E-state index in [1.807, 2.05) is 17.0 Å². The van der Waals surface area contributed by atoms with Gasteiger partial charge >= 0.3 is 0 Å². The van der Waals surface area contributed by atoms with Gasteiger partial charge in [-0.05, 0) is 44.7 Å². The topological polar surface area (TPSA) is 101 Å². The van der Waals surface area contributed by atoms with Gasteiger partial charge in [-0.15, -0.1) is 0 Å². The Morgan fingerprint density at radius 2 is 1.93 bits per heavy atom. The Hall–Kier alpha value is -2.77. The fraction of sp³-hybridized carbons (Fsp3) is 0.591. The summed E-state index contributed by atoms with van der Waals surface area (Å²) < 4.78 is 5.07. The summed E-state index contributed by atoms with van der Waals surface area (Å²) >= 11 is 0. The molecule has 0 atom stereocenters. The fourth-order valence-corrected chi connectivity index (χ4v) is 4.36. The van der Waals surface area contributed by atoms with Crippen LogP contribution in [0.25, 0.3) is 0 Å². The highest BCUT2D eigenvalue weighted by Crippen LogP contribution is 2.27. The molecule has 1 saturated carbocycles. The molecule has 3 heterocycles. The first-order valence-corrected chi connectivity index (χ1v) is 10.9. The first kappa shape index (κ1) is 20.5. The van der Waals surface area contributed by atoms with Crippen LogP contribution in [-0.4, -0.2) is 51.0 Å². The summed E-state index contributed by atoms with van der Waals surface area (Å²) in [5.41, 5.74) is 1.62. The quantitative estimate of drug-likeness (QED) is 0.784. The minimum Gasteiger partial charge on any atom is -0.349 e. The van der Waals surface area contributed by atoms with Crippen LogP contribution in [0.1, 0.15) is 78.6 Å². The molecule has 8 heteroatoms. The van der Waals surface area contributed by atoms with Crippen LogP contribution in [0, 0.1) is 6.92 Å². The van der Waals surface area contributed by atoms with Crippen molar-refractivity contribution in [2.24, 2.45) is 0 Å². The van der Waals surface area contributed by atoms with Crippen LogP contribution in [0.3, 0.4) is 0 Å². The lowest BCUT2D eigenvalue weighted by Gasteiger charge is -2.31. The van der Waals surface area contributed by atoms with Gasteiger partial charge in [0, 0.05) is 49.8 Å². The Balaban J connectivity index is 1.24. The Morgan fingerprint density at radius 3 is 2.57 bits per heavy atom. The average Bonchev–Trinajstić information content (AvgIpc) is 3.44. The van der Waals surface area contributed by atoms with Gasteiger partial charge in [0.05, 0.1) is 5.56 Å². The van der Waals surface area contributed by atoms with Crippen LogP contribution in [0.2, 0.25) is 0 Å². The Kier molecular flexibility index (Phi) is 6.40. The minimum atomic E-state index is -0.0298. The van der Waals surface area contributed by atoms with Crippen LogP contribution in [0.4, 0.5) is 0 Å². The zero-order valence-corrected chi connectivity index (χ0v) is 17.5. The van der Waals surface area contributed by atoms with Gasteiger partial charge in [0.25, 0.3) is 5.91 Å². The second-order valence-corrected chi connectivity index (χ2v) is 8.32. The molecule has 1 N–H and O–H groups in total. The zero-order valence-electron chi connectivity index (χ0n) is 17.5. The molecule has 2 aliphatic rings. The van der Waals surface area contributed by atoms with Gasteiger partial charge in [-0.3, -0.25) is 14.6 Å². The fourth-order valence-electron chi connectivity index (χ4n) is 4.36. The standard InChI is InChI=1S/C22H29N5O3/c1-15-24-20(30-26-15)8-9-21(28)27-12-10-16(11-13-27)19-7-6-17(14-23-19)22(29)25-18-4-2-3-5-18/h6-7,14,16,18H,2-5,8-13H2,1H3,(H,25,29). The molecule has 8 nitrogen and oxygen atoms in total. The van der Waals surface area contributed by atoms with Crippen molar-refractivity contribution in [1.29, 1.82) is 0 Å². The third-order valence-corrected chi connectivity index (χ3v) is 6.13. The first-order chi connectivity index (χ1) is 14.6. The van der Waals surface area contributed by atoms with E-state index in [2.05, 4.69) is 20.4 Å². The lowest BCUT2D eigenvalue weighted by molar-refractivity contribution is -0.132. The number of amides is 2. The highest BCUT2D eigenvalue weighted by Gasteiger charge is 2.25. The van der Waals surface area contributed by atoms with Gasteiger partial charge in [0.1, 0.15) is 0 Å². The number of nitrogens with one attached hydrogen (secondary N) is 1. The van der Waals surface area contributed by atoms with Crippen molar-refractivity contribution in [3.8, 4) is 0 Å². The molecule has 0 radical (unpaired) electrons. The maximum absolute atomic E-state index is 12.5. The lowest BCUT2D eigenvalue weighted by atomic mass is 9.92. The van der Waals surface area contributed by atoms with Crippen LogP contribution in [0.5, 0.6) is 0 Å². The van der Waals surface area contributed by atoms with Gasteiger partial charge in [0.15, 0.2) is 5.82 Å². The van der Waals surface area contributed by atoms with Crippen LogP contribution >= 0.6 is 0 Å². The summed E-state index contributed by atoms with van der Waals surface area (Å²) in [6.07, 6.45) is 8.84. The molecule has 2 aromatic rings. The molecular formula is C22H29N5O3. The normalized spacial score (nSPS) is 18.0. The molecule has 0 unspecified atom stereocenters. The highest BCUT2D eigenvalue weighted by molar-refractivity contribution is 5.94. The lowest BCUT2D eigenvalue weighted by Crippen LogP contribution is -2.38. The van der Waals surface area contributed by atoms with Gasteiger partial charge in [-0.2, -0.15) is 4.98 Å². The number of hydrogen-bond donors (Lipinski definition) is 1. The average molecular weight is 412 g/mol. The summed E-state index contributed by atoms with van der Waals surface area (Å²) in [6.45, 7) is 3.21. The summed E-state index contributed by atoms with van der Waals surface area (Å²) in [6, 6.07) is 4.14. The van der Waals surface area contributed by atoms with E-state index in [1.165, 1.54) is 12.8 Å². The zero-order chi connectivity index (χ0) is 20.9. The van der Waals surface area contributed by atoms with E-state index in [-0.39, 0.29) is 11.8 Å². The molecule has 2 amide bonds. The van der Waals surface area contributed by atoms with E-state index in [0.29, 0.717) is 42.1 Å². The summed E-state index contributed by atoms with van der Waals surface area (Å²) in [5, 5.41) is 6.85. The van der Waals surface area contributed by atoms with Crippen molar-refractivity contribution in [1.82, 2.24) is 25.3 Å². The van der Waals surface area contributed by atoms with E-state index in [1.54, 1.807) is 13.1 Å². The maximum atomic E-state index is 12.5. The molecular weight excluding hydrogens is 382 g/mol. The number of pyridine rings is 1. The Labute approximate surface area is 176 Å². The number of hydrogen-bond acceptors (Lipinski definition) is 6. The largest absolute Gasteiger partial charge is 0.349 e. The second kappa shape index (κ2) is 9.36. The number of likely N-dealkylation sites (tertiary alicyclic amines) is 1. The highest BCUT2D eigenvalue weighted by atomic mass is 16.5. The van der Waals surface area contributed by atoms with Crippen LogP contribution in [0.15, 0.2) is 22.9 Å². The molecule has 2 aromatic heterocycles. The number of rotatable bonds is 6. The minimum absolute atomic E-state index is 0.0298. The number of nitrogens with zero attached hydrogens (tertiary/aromatic N) is 4. The number of aryl methyl sites for hydroxylation is 2. The third kappa shape index (κ3) is 5.04. The Morgan fingerprint density at radius 1 is 1.17 bits per heavy atom. The van der Waals surface area contributed by atoms with Gasteiger partial charge < -0.3 is 14.7 Å². The summed E-state index contributed by atoms with van der Waals surface area (Å²) in [7, 11) is 0. The van der Waals surface area contributed by atoms with Crippen molar-refractivity contribution in [2.45, 2.75) is 70.3 Å². The molecule has 1 aliphatic heterocycles. The first-order valence-electron chi connectivity index (χ1n) is 10.9. The van der Waals surface area contributed by atoms with Gasteiger partial charge in [-0.25, -0.2) is 0 Å². The molecule has 1 aliphatic carbocycles. The molecule has 2 fully saturated rings. The number of carbonyl (C=O) groups excluding carboxylic acids is 2.